The molecule has 4 atom stereocenters. The number of ether oxygens (including phenoxy) is 2. The fraction of sp³-hybridized carbons (Fsp3) is 0.565. The number of benzene rings is 1. The van der Waals surface area contributed by atoms with Gasteiger partial charge in [-0.05, 0) is 69.8 Å². The fourth-order valence-electron chi connectivity index (χ4n) is 5.39. The van der Waals surface area contributed by atoms with E-state index < -0.39 is 16.1 Å². The minimum Gasteiger partial charge on any atom is -0.485 e. The van der Waals surface area contributed by atoms with Crippen molar-refractivity contribution in [3.8, 4) is 5.75 Å². The van der Waals surface area contributed by atoms with Gasteiger partial charge in [-0.15, -0.1) is 0 Å². The number of nitrogens with one attached hydrogen (secondary N) is 1. The molecule has 5 rings (SSSR count). The molecular weight excluding hydrogens is 458 g/mol. The average molecular weight is 490 g/mol. The molecular formula is C23H31N5O5S. The van der Waals surface area contributed by atoms with Crippen molar-refractivity contribution >= 4 is 27.5 Å². The van der Waals surface area contributed by atoms with Gasteiger partial charge in [0, 0.05) is 25.5 Å². The highest BCUT2D eigenvalue weighted by Crippen LogP contribution is 2.46. The molecule has 0 radical (unpaired) electrons. The first-order valence-electron chi connectivity index (χ1n) is 11.6. The number of carbonyl (C=O) groups excluding carboxylic acids is 1. The molecule has 3 aliphatic rings. The smallest absolute Gasteiger partial charge is 0.411 e. The van der Waals surface area contributed by atoms with Gasteiger partial charge >= 0.3 is 6.09 Å². The number of hydrogen-bond donors (Lipinski definition) is 1. The van der Waals surface area contributed by atoms with Crippen molar-refractivity contribution in [3.05, 3.63) is 30.6 Å². The number of fused-ring (bicyclic) bond motifs is 3. The standard InChI is InChI=1S/C23H31N5O5S/c1-26(2)12-18-13-28(34(30,31)19-11-24-27(3)14-19)20-10-17(6-7-21(20)32-18)25-23(29)33-22-9-15-4-5-16(22)8-15/h6-7,10-11,14-16,18,22H,4-5,8-9,12-13H2,1-3H3,(H,25,29)/t15?,16?,18-,22-/m0/s1. The number of nitrogens with zero attached hydrogens (tertiary/aromatic N) is 4. The summed E-state index contributed by atoms with van der Waals surface area (Å²) < 4.78 is 41.6. The lowest BCUT2D eigenvalue weighted by Gasteiger charge is -2.36. The first-order chi connectivity index (χ1) is 16.2. The van der Waals surface area contributed by atoms with Crippen LogP contribution >= 0.6 is 0 Å². The molecule has 2 aromatic rings. The molecule has 34 heavy (non-hydrogen) atoms. The zero-order chi connectivity index (χ0) is 24.0. The van der Waals surface area contributed by atoms with Gasteiger partial charge in [0.25, 0.3) is 10.0 Å². The van der Waals surface area contributed by atoms with Crippen LogP contribution in [0.1, 0.15) is 25.7 Å². The molecule has 1 aromatic heterocycles. The third-order valence-electron chi connectivity index (χ3n) is 6.91. The number of carbonyl (C=O) groups is 1. The lowest BCUT2D eigenvalue weighted by molar-refractivity contribution is 0.0755. The van der Waals surface area contributed by atoms with E-state index in [1.807, 2.05) is 19.0 Å². The number of amides is 1. The Morgan fingerprint density at radius 3 is 2.76 bits per heavy atom. The van der Waals surface area contributed by atoms with Crippen LogP contribution in [-0.2, 0) is 21.8 Å². The molecule has 184 valence electrons. The second-order valence-corrected chi connectivity index (χ2v) is 11.7. The van der Waals surface area contributed by atoms with E-state index in [0.29, 0.717) is 35.5 Å². The van der Waals surface area contributed by atoms with Crippen LogP contribution < -0.4 is 14.4 Å². The molecule has 11 heteroatoms. The molecule has 0 spiro atoms. The van der Waals surface area contributed by atoms with Gasteiger partial charge in [0.2, 0.25) is 0 Å². The number of aromatic nitrogens is 2. The van der Waals surface area contributed by atoms with Crippen LogP contribution in [0.5, 0.6) is 5.75 Å². The highest BCUT2D eigenvalue weighted by molar-refractivity contribution is 7.92. The molecule has 10 nitrogen and oxygen atoms in total. The van der Waals surface area contributed by atoms with Crippen LogP contribution in [0.4, 0.5) is 16.2 Å². The normalized spacial score (nSPS) is 25.8. The van der Waals surface area contributed by atoms with Gasteiger partial charge in [-0.3, -0.25) is 14.3 Å². The van der Waals surface area contributed by atoms with E-state index >= 15 is 0 Å². The predicted octanol–water partition coefficient (Wildman–Crippen LogP) is 2.68. The maximum atomic E-state index is 13.5. The Bertz CT molecular complexity index is 1180. The molecule has 2 heterocycles. The third kappa shape index (κ3) is 4.46. The van der Waals surface area contributed by atoms with Crippen LogP contribution in [-0.4, -0.2) is 68.6 Å². The van der Waals surface area contributed by atoms with E-state index in [-0.39, 0.29) is 23.6 Å². The summed E-state index contributed by atoms with van der Waals surface area (Å²) >= 11 is 0. The van der Waals surface area contributed by atoms with Gasteiger partial charge in [0.1, 0.15) is 22.9 Å². The molecule has 2 fully saturated rings. The summed E-state index contributed by atoms with van der Waals surface area (Å²) in [5.74, 6) is 1.57. The van der Waals surface area contributed by atoms with Gasteiger partial charge in [-0.1, -0.05) is 0 Å². The summed E-state index contributed by atoms with van der Waals surface area (Å²) in [6, 6.07) is 5.01. The Morgan fingerprint density at radius 2 is 2.12 bits per heavy atom. The van der Waals surface area contributed by atoms with E-state index in [1.165, 1.54) is 27.8 Å². The van der Waals surface area contributed by atoms with Crippen LogP contribution in [0.2, 0.25) is 0 Å². The van der Waals surface area contributed by atoms with Crippen LogP contribution in [0, 0.1) is 11.8 Å². The molecule has 2 bridgehead atoms. The summed E-state index contributed by atoms with van der Waals surface area (Å²) in [6.07, 6.45) is 6.33. The van der Waals surface area contributed by atoms with E-state index in [1.54, 1.807) is 25.2 Å². The molecule has 1 aliphatic heterocycles. The van der Waals surface area contributed by atoms with Gasteiger partial charge < -0.3 is 14.4 Å². The highest BCUT2D eigenvalue weighted by Gasteiger charge is 2.42. The second-order valence-electron chi connectivity index (χ2n) is 9.81. The Balaban J connectivity index is 1.39. The van der Waals surface area contributed by atoms with E-state index in [9.17, 15) is 13.2 Å². The van der Waals surface area contributed by atoms with Crippen LogP contribution in [0.15, 0.2) is 35.5 Å². The van der Waals surface area contributed by atoms with E-state index in [0.717, 1.165) is 19.3 Å². The topological polar surface area (TPSA) is 106 Å². The minimum absolute atomic E-state index is 0.0334. The first-order valence-corrected chi connectivity index (χ1v) is 13.1. The number of hydrogen-bond acceptors (Lipinski definition) is 7. The number of aryl methyl sites for hydroxylation is 1. The maximum Gasteiger partial charge on any atom is 0.411 e. The first kappa shape index (κ1) is 23.0. The molecule has 2 saturated carbocycles. The third-order valence-corrected chi connectivity index (χ3v) is 8.64. The zero-order valence-electron chi connectivity index (χ0n) is 19.7. The molecule has 1 aromatic carbocycles. The van der Waals surface area contributed by atoms with E-state index in [4.69, 9.17) is 9.47 Å². The van der Waals surface area contributed by atoms with Gasteiger partial charge in [-0.25, -0.2) is 13.2 Å². The Kier molecular flexibility index (Phi) is 5.93. The van der Waals surface area contributed by atoms with Crippen molar-refractivity contribution in [2.24, 2.45) is 18.9 Å². The summed E-state index contributed by atoms with van der Waals surface area (Å²) in [7, 11) is 1.61. The summed E-state index contributed by atoms with van der Waals surface area (Å²) in [6.45, 7) is 0.690. The molecule has 2 aliphatic carbocycles. The van der Waals surface area contributed by atoms with Crippen molar-refractivity contribution in [2.45, 2.75) is 42.8 Å². The van der Waals surface area contributed by atoms with Crippen LogP contribution in [0.25, 0.3) is 0 Å². The predicted molar refractivity (Wildman–Crippen MR) is 126 cm³/mol. The summed E-state index contributed by atoms with van der Waals surface area (Å²) in [5, 5.41) is 6.80. The zero-order valence-corrected chi connectivity index (χ0v) is 20.5. The summed E-state index contributed by atoms with van der Waals surface area (Å²) in [4.78, 5) is 14.6. The van der Waals surface area contributed by atoms with Gasteiger partial charge in [0.15, 0.2) is 0 Å². The SMILES string of the molecule is CN(C)C[C@H]1CN(S(=O)(=O)c2cnn(C)c2)c2cc(NC(=O)O[C@H]3CC4CCC3C4)ccc2O1. The van der Waals surface area contributed by atoms with Crippen molar-refractivity contribution in [2.75, 3.05) is 36.8 Å². The molecule has 0 saturated heterocycles. The Hall–Kier alpha value is -2.79. The molecule has 1 N–H and O–H groups in total. The van der Waals surface area contributed by atoms with E-state index in [2.05, 4.69) is 10.4 Å². The number of rotatable bonds is 6. The van der Waals surface area contributed by atoms with Gasteiger partial charge in [0.05, 0.1) is 18.4 Å². The number of anilines is 2. The largest absolute Gasteiger partial charge is 0.485 e. The number of sulfonamides is 1. The van der Waals surface area contributed by atoms with Crippen LogP contribution in [0.3, 0.4) is 0 Å². The molecule has 2 unspecified atom stereocenters. The van der Waals surface area contributed by atoms with Crippen molar-refractivity contribution in [3.63, 3.8) is 0 Å². The highest BCUT2D eigenvalue weighted by atomic mass is 32.2. The minimum atomic E-state index is -3.89. The molecule has 1 amide bonds. The monoisotopic (exact) mass is 489 g/mol. The fourth-order valence-corrected chi connectivity index (χ4v) is 6.88. The van der Waals surface area contributed by atoms with Crippen molar-refractivity contribution in [1.29, 1.82) is 0 Å². The van der Waals surface area contributed by atoms with Crippen molar-refractivity contribution in [1.82, 2.24) is 14.7 Å². The lowest BCUT2D eigenvalue weighted by Crippen LogP contribution is -2.47. The Morgan fingerprint density at radius 1 is 1.29 bits per heavy atom. The lowest BCUT2D eigenvalue weighted by atomic mass is 9.98. The Labute approximate surface area is 199 Å². The average Bonchev–Trinajstić information content (AvgIpc) is 3.50. The van der Waals surface area contributed by atoms with Gasteiger partial charge in [-0.2, -0.15) is 5.10 Å². The summed E-state index contributed by atoms with van der Waals surface area (Å²) in [5.41, 5.74) is 0.824. The maximum absolute atomic E-state index is 13.5. The second kappa shape index (κ2) is 8.77. The van der Waals surface area contributed by atoms with Crippen molar-refractivity contribution < 1.29 is 22.7 Å². The quantitative estimate of drug-likeness (QED) is 0.665. The number of likely N-dealkylation sites (N-methyl/N-ethyl adjacent to an activating group) is 1.